The summed E-state index contributed by atoms with van der Waals surface area (Å²) in [4.78, 5) is 21.6. The zero-order valence-corrected chi connectivity index (χ0v) is 19.6. The van der Waals surface area contributed by atoms with Gasteiger partial charge in [-0.25, -0.2) is 4.98 Å². The number of amides is 1. The summed E-state index contributed by atoms with van der Waals surface area (Å²) in [6, 6.07) is 5.50. The van der Waals surface area contributed by atoms with Gasteiger partial charge in [-0.2, -0.15) is 5.10 Å². The van der Waals surface area contributed by atoms with E-state index in [1.165, 1.54) is 5.69 Å². The standard InChI is InChI=1S/C25H31N5O2/c1-15-12-27-22(10-18(15)19-13-28-30-14-24(3,4)11-20(19)30)29-23(31)16(2)17-7-8-26-21(9-17)25(5,6)32/h7-10,12-13,16,32H,11,14H2,1-6H3,(H,27,29,31)/t16-/m0/s1. The molecule has 0 fully saturated rings. The van der Waals surface area contributed by atoms with Gasteiger partial charge in [0.05, 0.1) is 17.8 Å². The summed E-state index contributed by atoms with van der Waals surface area (Å²) in [5, 5.41) is 17.8. The minimum atomic E-state index is -1.07. The molecule has 4 heterocycles. The van der Waals surface area contributed by atoms with E-state index in [1.54, 1.807) is 38.4 Å². The molecule has 0 unspecified atom stereocenters. The molecule has 2 N–H and O–H groups in total. The van der Waals surface area contributed by atoms with Gasteiger partial charge >= 0.3 is 0 Å². The van der Waals surface area contributed by atoms with E-state index in [1.807, 2.05) is 26.1 Å². The predicted molar refractivity (Wildman–Crippen MR) is 124 cm³/mol. The predicted octanol–water partition coefficient (Wildman–Crippen LogP) is 4.20. The third-order valence-electron chi connectivity index (χ3n) is 6.12. The van der Waals surface area contributed by atoms with Gasteiger partial charge < -0.3 is 10.4 Å². The Morgan fingerprint density at radius 3 is 2.69 bits per heavy atom. The van der Waals surface area contributed by atoms with E-state index in [2.05, 4.69) is 38.9 Å². The second kappa shape index (κ2) is 7.81. The molecule has 0 aliphatic carbocycles. The highest BCUT2D eigenvalue weighted by atomic mass is 16.3. The maximum Gasteiger partial charge on any atom is 0.232 e. The van der Waals surface area contributed by atoms with E-state index in [4.69, 9.17) is 0 Å². The fraction of sp³-hybridized carbons (Fsp3) is 0.440. The lowest BCUT2D eigenvalue weighted by molar-refractivity contribution is -0.117. The Hall–Kier alpha value is -3.06. The minimum Gasteiger partial charge on any atom is -0.384 e. The third kappa shape index (κ3) is 4.30. The van der Waals surface area contributed by atoms with Crippen molar-refractivity contribution in [3.8, 4) is 11.1 Å². The van der Waals surface area contributed by atoms with Crippen LogP contribution in [0, 0.1) is 12.3 Å². The fourth-order valence-electron chi connectivity index (χ4n) is 4.19. The number of carbonyl (C=O) groups is 1. The first-order valence-corrected chi connectivity index (χ1v) is 11.0. The van der Waals surface area contributed by atoms with E-state index < -0.39 is 11.5 Å². The average Bonchev–Trinajstić information content (AvgIpc) is 3.23. The van der Waals surface area contributed by atoms with Crippen LogP contribution in [-0.2, 0) is 23.4 Å². The lowest BCUT2D eigenvalue weighted by Gasteiger charge is -2.19. The van der Waals surface area contributed by atoms with Crippen LogP contribution in [0.3, 0.4) is 0 Å². The number of aliphatic hydroxyl groups is 1. The molecule has 32 heavy (non-hydrogen) atoms. The van der Waals surface area contributed by atoms with Crippen molar-refractivity contribution in [3.63, 3.8) is 0 Å². The van der Waals surface area contributed by atoms with Gasteiger partial charge in [0.25, 0.3) is 0 Å². The summed E-state index contributed by atoms with van der Waals surface area (Å²) in [7, 11) is 0. The van der Waals surface area contributed by atoms with Gasteiger partial charge in [-0.3, -0.25) is 14.5 Å². The van der Waals surface area contributed by atoms with Crippen LogP contribution in [0.2, 0.25) is 0 Å². The highest BCUT2D eigenvalue weighted by Crippen LogP contribution is 2.38. The Balaban J connectivity index is 1.57. The maximum absolute atomic E-state index is 13.0. The summed E-state index contributed by atoms with van der Waals surface area (Å²) in [5.41, 5.74) is 4.85. The number of nitrogens with one attached hydrogen (secondary N) is 1. The Bertz CT molecular complexity index is 1170. The number of hydrogen-bond acceptors (Lipinski definition) is 5. The SMILES string of the molecule is Cc1cnc(NC(=O)[C@@H](C)c2ccnc(C(C)(C)O)c2)cc1-c1cnn2c1CC(C)(C)C2. The largest absolute Gasteiger partial charge is 0.384 e. The molecule has 1 amide bonds. The number of nitrogens with zero attached hydrogens (tertiary/aromatic N) is 4. The molecule has 3 aromatic rings. The van der Waals surface area contributed by atoms with E-state index in [9.17, 15) is 9.90 Å². The highest BCUT2D eigenvalue weighted by molar-refractivity contribution is 5.95. The number of aromatic nitrogens is 4. The van der Waals surface area contributed by atoms with Crippen molar-refractivity contribution < 1.29 is 9.90 Å². The molecule has 4 rings (SSSR count). The molecule has 0 aromatic carbocycles. The molecule has 1 aliphatic heterocycles. The van der Waals surface area contributed by atoms with Gasteiger partial charge in [0.2, 0.25) is 5.91 Å². The van der Waals surface area contributed by atoms with Crippen LogP contribution in [0.25, 0.3) is 11.1 Å². The molecule has 0 saturated carbocycles. The van der Waals surface area contributed by atoms with Gasteiger partial charge in [0, 0.05) is 30.2 Å². The lowest BCUT2D eigenvalue weighted by Crippen LogP contribution is -2.22. The normalized spacial score (nSPS) is 16.0. The number of hydrogen-bond donors (Lipinski definition) is 2. The highest BCUT2D eigenvalue weighted by Gasteiger charge is 2.32. The van der Waals surface area contributed by atoms with Crippen molar-refractivity contribution in [1.82, 2.24) is 19.7 Å². The number of fused-ring (bicyclic) bond motifs is 1. The van der Waals surface area contributed by atoms with Crippen LogP contribution < -0.4 is 5.32 Å². The summed E-state index contributed by atoms with van der Waals surface area (Å²) in [5.74, 6) is -0.0789. The van der Waals surface area contributed by atoms with Crippen molar-refractivity contribution in [2.75, 3.05) is 5.32 Å². The first-order chi connectivity index (χ1) is 14.9. The fourth-order valence-corrected chi connectivity index (χ4v) is 4.19. The van der Waals surface area contributed by atoms with Gasteiger partial charge in [-0.05, 0) is 74.4 Å². The lowest BCUT2D eigenvalue weighted by atomic mass is 9.89. The number of rotatable bonds is 5. The molecule has 0 saturated heterocycles. The van der Waals surface area contributed by atoms with Crippen molar-refractivity contribution in [2.45, 2.75) is 66.0 Å². The quantitative estimate of drug-likeness (QED) is 0.629. The van der Waals surface area contributed by atoms with Crippen LogP contribution in [-0.4, -0.2) is 30.8 Å². The Labute approximate surface area is 188 Å². The monoisotopic (exact) mass is 433 g/mol. The van der Waals surface area contributed by atoms with Gasteiger partial charge in [0.15, 0.2) is 0 Å². The summed E-state index contributed by atoms with van der Waals surface area (Å²) in [6.07, 6.45) is 6.29. The van der Waals surface area contributed by atoms with Crippen LogP contribution in [0.15, 0.2) is 36.8 Å². The minimum absolute atomic E-state index is 0.165. The van der Waals surface area contributed by atoms with Crippen LogP contribution in [0.1, 0.15) is 63.1 Å². The third-order valence-corrected chi connectivity index (χ3v) is 6.12. The number of pyridine rings is 2. The van der Waals surface area contributed by atoms with Crippen molar-refractivity contribution in [3.05, 3.63) is 59.3 Å². The smallest absolute Gasteiger partial charge is 0.232 e. The van der Waals surface area contributed by atoms with Crippen LogP contribution in [0.4, 0.5) is 5.82 Å². The van der Waals surface area contributed by atoms with Gasteiger partial charge in [0.1, 0.15) is 11.4 Å². The molecule has 168 valence electrons. The number of anilines is 1. The van der Waals surface area contributed by atoms with Gasteiger partial charge in [-0.15, -0.1) is 0 Å². The van der Waals surface area contributed by atoms with E-state index in [0.29, 0.717) is 11.5 Å². The molecular weight excluding hydrogens is 402 g/mol. The molecule has 7 heteroatoms. The van der Waals surface area contributed by atoms with Crippen molar-refractivity contribution in [2.24, 2.45) is 5.41 Å². The first kappa shape index (κ1) is 22.1. The summed E-state index contributed by atoms with van der Waals surface area (Å²) in [6.45, 7) is 12.6. The molecule has 0 bridgehead atoms. The Kier molecular flexibility index (Phi) is 5.41. The van der Waals surface area contributed by atoms with Crippen LogP contribution >= 0.6 is 0 Å². The molecule has 0 spiro atoms. The van der Waals surface area contributed by atoms with Crippen LogP contribution in [0.5, 0.6) is 0 Å². The Morgan fingerprint density at radius 2 is 1.97 bits per heavy atom. The number of carbonyl (C=O) groups excluding carboxylic acids is 1. The molecule has 1 aliphatic rings. The van der Waals surface area contributed by atoms with Gasteiger partial charge in [-0.1, -0.05) is 13.8 Å². The second-order valence-electron chi connectivity index (χ2n) is 10.1. The van der Waals surface area contributed by atoms with E-state index in [-0.39, 0.29) is 11.3 Å². The van der Waals surface area contributed by atoms with Crippen molar-refractivity contribution in [1.29, 1.82) is 0 Å². The molecule has 7 nitrogen and oxygen atoms in total. The molecule has 0 radical (unpaired) electrons. The van der Waals surface area contributed by atoms with E-state index >= 15 is 0 Å². The average molecular weight is 434 g/mol. The number of aryl methyl sites for hydroxylation is 1. The zero-order chi connectivity index (χ0) is 23.3. The maximum atomic E-state index is 13.0. The summed E-state index contributed by atoms with van der Waals surface area (Å²) >= 11 is 0. The summed E-state index contributed by atoms with van der Waals surface area (Å²) < 4.78 is 2.08. The van der Waals surface area contributed by atoms with E-state index in [0.717, 1.165) is 35.2 Å². The zero-order valence-electron chi connectivity index (χ0n) is 19.6. The molecule has 3 aromatic heterocycles. The Morgan fingerprint density at radius 1 is 1.22 bits per heavy atom. The molecule has 1 atom stereocenters. The second-order valence-corrected chi connectivity index (χ2v) is 10.1. The topological polar surface area (TPSA) is 92.9 Å². The first-order valence-electron chi connectivity index (χ1n) is 11.0. The molecular formula is C25H31N5O2. The van der Waals surface area contributed by atoms with Crippen molar-refractivity contribution >= 4 is 11.7 Å².